The van der Waals surface area contributed by atoms with Gasteiger partial charge in [0.05, 0.1) is 13.0 Å². The normalized spacial score (nSPS) is 9.68. The van der Waals surface area contributed by atoms with E-state index in [4.69, 9.17) is 10.8 Å². The summed E-state index contributed by atoms with van der Waals surface area (Å²) in [6.45, 7) is -0.292. The second-order valence-corrected chi connectivity index (χ2v) is 3.76. The highest BCUT2D eigenvalue weighted by Crippen LogP contribution is 2.13. The molecule has 4 N–H and O–H groups in total. The van der Waals surface area contributed by atoms with Crippen molar-refractivity contribution in [3.63, 3.8) is 0 Å². The monoisotopic (exact) mass is 265 g/mol. The molecule has 0 bridgehead atoms. The third-order valence-corrected chi connectivity index (χ3v) is 2.28. The molecule has 0 saturated heterocycles. The Morgan fingerprint density at radius 3 is 2.37 bits per heavy atom. The molecule has 1 aromatic carbocycles. The lowest BCUT2D eigenvalue weighted by atomic mass is 10.3. The van der Waals surface area contributed by atoms with Crippen molar-refractivity contribution in [1.82, 2.24) is 5.32 Å². The number of rotatable bonds is 6. The third-order valence-electron chi connectivity index (χ3n) is 2.28. The van der Waals surface area contributed by atoms with E-state index in [2.05, 4.69) is 5.32 Å². The highest BCUT2D eigenvalue weighted by molar-refractivity contribution is 5.94. The molecule has 0 saturated carbocycles. The van der Waals surface area contributed by atoms with Gasteiger partial charge in [-0.15, -0.1) is 0 Å². The van der Waals surface area contributed by atoms with E-state index in [-0.39, 0.29) is 19.5 Å². The van der Waals surface area contributed by atoms with E-state index in [0.717, 1.165) is 0 Å². The number of primary amides is 1. The molecule has 0 radical (unpaired) electrons. The lowest BCUT2D eigenvalue weighted by molar-refractivity contribution is -0.136. The largest absolute Gasteiger partial charge is 0.481 e. The van der Waals surface area contributed by atoms with Gasteiger partial charge in [-0.05, 0) is 12.1 Å². The van der Waals surface area contributed by atoms with E-state index < -0.39 is 17.9 Å². The van der Waals surface area contributed by atoms with Crippen LogP contribution in [-0.4, -0.2) is 36.1 Å². The molecule has 0 unspecified atom stereocenters. The van der Waals surface area contributed by atoms with Crippen molar-refractivity contribution in [2.24, 2.45) is 5.73 Å². The summed E-state index contributed by atoms with van der Waals surface area (Å²) in [5, 5.41) is 11.0. The molecule has 0 spiro atoms. The fraction of sp³-hybridized carbons (Fsp3) is 0.250. The molecule has 7 nitrogen and oxygen atoms in total. The highest BCUT2D eigenvalue weighted by Gasteiger charge is 2.16. The standard InChI is InChI=1S/C12H15N3O4/c13-10(16)8-14-12(19)15(7-6-11(17)18)9-4-2-1-3-5-9/h1-5H,6-8H2,(H2,13,16)(H,14,19)(H,17,18). The molecule has 7 heteroatoms. The number of aliphatic carboxylic acids is 1. The molecule has 0 aromatic heterocycles. The van der Waals surface area contributed by atoms with Crippen molar-refractivity contribution in [3.8, 4) is 0 Å². The fourth-order valence-electron chi connectivity index (χ4n) is 1.42. The van der Waals surface area contributed by atoms with Crippen LogP contribution in [0.25, 0.3) is 0 Å². The lowest BCUT2D eigenvalue weighted by Gasteiger charge is -2.22. The summed E-state index contributed by atoms with van der Waals surface area (Å²) in [6, 6.07) is 8.01. The van der Waals surface area contributed by atoms with E-state index >= 15 is 0 Å². The first-order chi connectivity index (χ1) is 9.00. The highest BCUT2D eigenvalue weighted by atomic mass is 16.4. The van der Waals surface area contributed by atoms with Crippen molar-refractivity contribution < 1.29 is 19.5 Å². The van der Waals surface area contributed by atoms with Gasteiger partial charge >= 0.3 is 12.0 Å². The Morgan fingerprint density at radius 2 is 1.84 bits per heavy atom. The molecule has 1 aromatic rings. The molecule has 0 heterocycles. The van der Waals surface area contributed by atoms with Gasteiger partial charge in [-0.2, -0.15) is 0 Å². The minimum Gasteiger partial charge on any atom is -0.481 e. The Hall–Kier alpha value is -2.57. The molecule has 0 fully saturated rings. The zero-order valence-corrected chi connectivity index (χ0v) is 10.2. The Bertz CT molecular complexity index is 461. The summed E-state index contributed by atoms with van der Waals surface area (Å²) in [6.07, 6.45) is -0.196. The molecule has 0 atom stereocenters. The van der Waals surface area contributed by atoms with Crippen LogP contribution in [0.1, 0.15) is 6.42 Å². The van der Waals surface area contributed by atoms with Crippen molar-refractivity contribution >= 4 is 23.6 Å². The minimum absolute atomic E-state index is 0.00391. The van der Waals surface area contributed by atoms with Gasteiger partial charge in [0, 0.05) is 12.2 Å². The third kappa shape index (κ3) is 5.07. The molecule has 19 heavy (non-hydrogen) atoms. The molecule has 0 aliphatic rings. The number of carbonyl (C=O) groups excluding carboxylic acids is 2. The van der Waals surface area contributed by atoms with Gasteiger partial charge < -0.3 is 16.2 Å². The number of benzene rings is 1. The van der Waals surface area contributed by atoms with E-state index in [0.29, 0.717) is 5.69 Å². The topological polar surface area (TPSA) is 113 Å². The van der Waals surface area contributed by atoms with E-state index in [1.807, 2.05) is 0 Å². The molecule has 1 rings (SSSR count). The number of carbonyl (C=O) groups is 3. The predicted octanol–water partition coefficient (Wildman–Crippen LogP) is 0.163. The number of para-hydroxylation sites is 1. The van der Waals surface area contributed by atoms with Gasteiger partial charge in [0.15, 0.2) is 0 Å². The Labute approximate surface area is 110 Å². The second kappa shape index (κ2) is 7.00. The van der Waals surface area contributed by atoms with Crippen molar-refractivity contribution in [2.45, 2.75) is 6.42 Å². The number of hydrogen-bond acceptors (Lipinski definition) is 3. The van der Waals surface area contributed by atoms with Crippen LogP contribution in [0.4, 0.5) is 10.5 Å². The second-order valence-electron chi connectivity index (χ2n) is 3.76. The van der Waals surface area contributed by atoms with Crippen LogP contribution in [0.15, 0.2) is 30.3 Å². The van der Waals surface area contributed by atoms with Crippen molar-refractivity contribution in [3.05, 3.63) is 30.3 Å². The number of anilines is 1. The molecule has 102 valence electrons. The Morgan fingerprint density at radius 1 is 1.21 bits per heavy atom. The van der Waals surface area contributed by atoms with Crippen LogP contribution in [0.2, 0.25) is 0 Å². The summed E-state index contributed by atoms with van der Waals surface area (Å²) in [7, 11) is 0. The van der Waals surface area contributed by atoms with Gasteiger partial charge in [-0.3, -0.25) is 14.5 Å². The van der Waals surface area contributed by atoms with Crippen LogP contribution in [0.3, 0.4) is 0 Å². The van der Waals surface area contributed by atoms with Crippen molar-refractivity contribution in [2.75, 3.05) is 18.0 Å². The zero-order chi connectivity index (χ0) is 14.3. The van der Waals surface area contributed by atoms with Crippen LogP contribution in [0.5, 0.6) is 0 Å². The smallest absolute Gasteiger partial charge is 0.322 e. The zero-order valence-electron chi connectivity index (χ0n) is 10.2. The average molecular weight is 265 g/mol. The van der Waals surface area contributed by atoms with E-state index in [9.17, 15) is 14.4 Å². The summed E-state index contributed by atoms with van der Waals surface area (Å²) >= 11 is 0. The van der Waals surface area contributed by atoms with Gasteiger partial charge in [-0.25, -0.2) is 4.79 Å². The summed E-state index contributed by atoms with van der Waals surface area (Å²) in [4.78, 5) is 34.3. The van der Waals surface area contributed by atoms with E-state index in [1.165, 1.54) is 4.90 Å². The van der Waals surface area contributed by atoms with Gasteiger partial charge in [-0.1, -0.05) is 18.2 Å². The van der Waals surface area contributed by atoms with Gasteiger partial charge in [0.25, 0.3) is 0 Å². The number of carboxylic acid groups (broad SMARTS) is 1. The lowest BCUT2D eigenvalue weighted by Crippen LogP contribution is -2.44. The summed E-state index contributed by atoms with van der Waals surface area (Å²) in [5.74, 6) is -1.68. The number of hydrogen-bond donors (Lipinski definition) is 3. The van der Waals surface area contributed by atoms with E-state index in [1.54, 1.807) is 30.3 Å². The van der Waals surface area contributed by atoms with Crippen LogP contribution in [0, 0.1) is 0 Å². The minimum atomic E-state index is -1.01. The Kier molecular flexibility index (Phi) is 5.34. The molecule has 0 aliphatic carbocycles. The van der Waals surface area contributed by atoms with Crippen molar-refractivity contribution in [1.29, 1.82) is 0 Å². The number of nitrogens with one attached hydrogen (secondary N) is 1. The predicted molar refractivity (Wildman–Crippen MR) is 68.6 cm³/mol. The number of amides is 3. The molecule has 3 amide bonds. The molecular weight excluding hydrogens is 250 g/mol. The first kappa shape index (κ1) is 14.5. The van der Waals surface area contributed by atoms with Gasteiger partial charge in [0.1, 0.15) is 0 Å². The maximum Gasteiger partial charge on any atom is 0.322 e. The number of carboxylic acids is 1. The number of urea groups is 1. The summed E-state index contributed by atoms with van der Waals surface area (Å²) in [5.41, 5.74) is 5.48. The maximum absolute atomic E-state index is 11.9. The summed E-state index contributed by atoms with van der Waals surface area (Å²) < 4.78 is 0. The number of nitrogens with two attached hydrogens (primary N) is 1. The average Bonchev–Trinajstić information content (AvgIpc) is 2.37. The quantitative estimate of drug-likeness (QED) is 0.680. The van der Waals surface area contributed by atoms with Crippen LogP contribution < -0.4 is 16.0 Å². The van der Waals surface area contributed by atoms with Gasteiger partial charge in [0.2, 0.25) is 5.91 Å². The number of nitrogens with zero attached hydrogens (tertiary/aromatic N) is 1. The first-order valence-corrected chi connectivity index (χ1v) is 5.61. The fourth-order valence-corrected chi connectivity index (χ4v) is 1.42. The first-order valence-electron chi connectivity index (χ1n) is 5.61. The maximum atomic E-state index is 11.9. The Balaban J connectivity index is 2.77. The van der Waals surface area contributed by atoms with Crippen LogP contribution >= 0.6 is 0 Å². The SMILES string of the molecule is NC(=O)CNC(=O)N(CCC(=O)O)c1ccccc1. The molecular formula is C12H15N3O4. The molecule has 0 aliphatic heterocycles. The van der Waals surface area contributed by atoms with Crippen LogP contribution in [-0.2, 0) is 9.59 Å².